The average Bonchev–Trinajstić information content (AvgIpc) is 3.47. The summed E-state index contributed by atoms with van der Waals surface area (Å²) in [7, 11) is 0. The largest absolute Gasteiger partial charge is 0.405 e. The molecule has 2 aliphatic heterocycles. The number of anilines is 1. The monoisotopic (exact) mass is 597 g/mol. The highest BCUT2D eigenvalue weighted by Gasteiger charge is 2.48. The zero-order valence-electron chi connectivity index (χ0n) is 23.3. The van der Waals surface area contributed by atoms with Crippen molar-refractivity contribution in [2.75, 3.05) is 11.9 Å². The van der Waals surface area contributed by atoms with E-state index in [0.29, 0.717) is 30.2 Å². The predicted octanol–water partition coefficient (Wildman–Crippen LogP) is 6.75. The van der Waals surface area contributed by atoms with Gasteiger partial charge in [-0.05, 0) is 49.6 Å². The number of hydrogen-bond donors (Lipinski definition) is 2. The van der Waals surface area contributed by atoms with E-state index in [4.69, 9.17) is 0 Å². The number of halogens is 6. The van der Waals surface area contributed by atoms with Gasteiger partial charge in [0.15, 0.2) is 11.6 Å². The smallest absolute Gasteiger partial charge is 0.377 e. The quantitative estimate of drug-likeness (QED) is 0.252. The van der Waals surface area contributed by atoms with Crippen molar-refractivity contribution in [3.05, 3.63) is 119 Å². The Kier molecular flexibility index (Phi) is 6.82. The predicted molar refractivity (Wildman–Crippen MR) is 151 cm³/mol. The summed E-state index contributed by atoms with van der Waals surface area (Å²) >= 11 is 0. The van der Waals surface area contributed by atoms with E-state index >= 15 is 0 Å². The third-order valence-corrected chi connectivity index (χ3v) is 9.02. The SMILES string of the molecule is C=C(NC1CC(c2c(F)ccc(F)c2F)C(C)N(CC(F)(F)F)C1=C)c1cnc2c(c1)CC1(C2)C(=C)Nc2ncccc21. The Morgan fingerprint density at radius 2 is 1.86 bits per heavy atom. The molecule has 0 amide bonds. The molecule has 11 heteroatoms. The van der Waals surface area contributed by atoms with Crippen LogP contribution in [0.5, 0.6) is 0 Å². The van der Waals surface area contributed by atoms with E-state index in [1.165, 1.54) is 6.92 Å². The molecule has 2 aromatic heterocycles. The van der Waals surface area contributed by atoms with E-state index in [2.05, 4.69) is 40.3 Å². The summed E-state index contributed by atoms with van der Waals surface area (Å²) in [6, 6.07) is 5.37. The molecule has 5 nitrogen and oxygen atoms in total. The van der Waals surface area contributed by atoms with E-state index in [9.17, 15) is 26.3 Å². The third-order valence-electron chi connectivity index (χ3n) is 9.02. The van der Waals surface area contributed by atoms with Crippen LogP contribution in [0.1, 0.15) is 47.2 Å². The molecule has 224 valence electrons. The Morgan fingerprint density at radius 1 is 1.12 bits per heavy atom. The fourth-order valence-corrected chi connectivity index (χ4v) is 6.79. The molecule has 1 spiro atoms. The van der Waals surface area contributed by atoms with Gasteiger partial charge in [-0.15, -0.1) is 0 Å². The normalized spacial score (nSPS) is 24.6. The maximum Gasteiger partial charge on any atom is 0.405 e. The highest BCUT2D eigenvalue weighted by atomic mass is 19.4. The molecule has 4 heterocycles. The lowest BCUT2D eigenvalue weighted by Crippen LogP contribution is -2.53. The molecular formula is C32H29F6N5. The molecule has 4 unspecified atom stereocenters. The second kappa shape index (κ2) is 10.2. The van der Waals surface area contributed by atoms with Crippen molar-refractivity contribution in [1.82, 2.24) is 20.2 Å². The molecule has 43 heavy (non-hydrogen) atoms. The molecule has 0 bridgehead atoms. The van der Waals surface area contributed by atoms with E-state index in [1.807, 2.05) is 18.2 Å². The number of pyridine rings is 2. The minimum Gasteiger partial charge on any atom is -0.377 e. The van der Waals surface area contributed by atoms with Crippen LogP contribution < -0.4 is 10.6 Å². The highest BCUT2D eigenvalue weighted by molar-refractivity contribution is 5.68. The van der Waals surface area contributed by atoms with E-state index < -0.39 is 59.2 Å². The minimum absolute atomic E-state index is 0.0402. The number of nitrogens with one attached hydrogen (secondary N) is 2. The first-order chi connectivity index (χ1) is 20.3. The summed E-state index contributed by atoms with van der Waals surface area (Å²) < 4.78 is 84.7. The lowest BCUT2D eigenvalue weighted by atomic mass is 9.78. The van der Waals surface area contributed by atoms with Gasteiger partial charge in [0.2, 0.25) is 0 Å². The molecule has 3 aromatic rings. The van der Waals surface area contributed by atoms with E-state index in [0.717, 1.165) is 39.3 Å². The first-order valence-corrected chi connectivity index (χ1v) is 13.8. The van der Waals surface area contributed by atoms with E-state index in [-0.39, 0.29) is 12.1 Å². The van der Waals surface area contributed by atoms with Crippen LogP contribution >= 0.6 is 0 Å². The van der Waals surface area contributed by atoms with Gasteiger partial charge < -0.3 is 15.5 Å². The van der Waals surface area contributed by atoms with Gasteiger partial charge in [-0.25, -0.2) is 18.2 Å². The first-order valence-electron chi connectivity index (χ1n) is 13.8. The van der Waals surface area contributed by atoms with Gasteiger partial charge in [0.05, 0.1) is 6.04 Å². The number of fused-ring (bicyclic) bond motifs is 3. The van der Waals surface area contributed by atoms with Crippen molar-refractivity contribution in [2.24, 2.45) is 0 Å². The Hall–Kier alpha value is -4.28. The molecule has 0 radical (unpaired) electrons. The molecule has 1 saturated heterocycles. The molecule has 1 fully saturated rings. The number of nitrogens with zero attached hydrogens (tertiary/aromatic N) is 3. The van der Waals surface area contributed by atoms with Crippen LogP contribution in [0.2, 0.25) is 0 Å². The number of aromatic nitrogens is 2. The van der Waals surface area contributed by atoms with Crippen LogP contribution in [-0.4, -0.2) is 39.7 Å². The number of hydrogen-bond acceptors (Lipinski definition) is 5. The fourth-order valence-electron chi connectivity index (χ4n) is 6.79. The van der Waals surface area contributed by atoms with Gasteiger partial charge in [0.1, 0.15) is 18.2 Å². The molecule has 3 aliphatic rings. The number of benzene rings is 1. The summed E-state index contributed by atoms with van der Waals surface area (Å²) in [6.45, 7) is 12.3. The second-order valence-corrected chi connectivity index (χ2v) is 11.5. The Balaban J connectivity index is 1.28. The summed E-state index contributed by atoms with van der Waals surface area (Å²) in [4.78, 5) is 10.1. The van der Waals surface area contributed by atoms with Crippen LogP contribution in [0.25, 0.3) is 5.70 Å². The Labute approximate surface area is 245 Å². The second-order valence-electron chi connectivity index (χ2n) is 11.5. The van der Waals surface area contributed by atoms with Crippen molar-refractivity contribution in [3.63, 3.8) is 0 Å². The van der Waals surface area contributed by atoms with Crippen molar-refractivity contribution >= 4 is 11.5 Å². The lowest BCUT2D eigenvalue weighted by molar-refractivity contribution is -0.148. The molecule has 1 aliphatic carbocycles. The van der Waals surface area contributed by atoms with E-state index in [1.54, 1.807) is 12.4 Å². The number of piperidine rings is 1. The number of rotatable bonds is 5. The maximum absolute atomic E-state index is 14.9. The van der Waals surface area contributed by atoms with Crippen LogP contribution in [-0.2, 0) is 18.3 Å². The molecule has 2 N–H and O–H groups in total. The van der Waals surface area contributed by atoms with Gasteiger partial charge >= 0.3 is 6.18 Å². The summed E-state index contributed by atoms with van der Waals surface area (Å²) in [5.74, 6) is -4.05. The topological polar surface area (TPSA) is 53.1 Å². The summed E-state index contributed by atoms with van der Waals surface area (Å²) in [5, 5.41) is 6.41. The Bertz CT molecular complexity index is 1670. The van der Waals surface area contributed by atoms with Crippen molar-refractivity contribution in [1.29, 1.82) is 0 Å². The van der Waals surface area contributed by atoms with Gasteiger partial charge in [-0.1, -0.05) is 25.8 Å². The average molecular weight is 598 g/mol. The Morgan fingerprint density at radius 3 is 2.60 bits per heavy atom. The van der Waals surface area contributed by atoms with Crippen LogP contribution in [0.15, 0.2) is 73.9 Å². The van der Waals surface area contributed by atoms with Crippen LogP contribution in [0.3, 0.4) is 0 Å². The van der Waals surface area contributed by atoms with Crippen molar-refractivity contribution in [3.8, 4) is 0 Å². The minimum atomic E-state index is -4.62. The van der Waals surface area contributed by atoms with Gasteiger partial charge in [0.25, 0.3) is 0 Å². The van der Waals surface area contributed by atoms with Crippen LogP contribution in [0.4, 0.5) is 32.2 Å². The van der Waals surface area contributed by atoms with Gasteiger partial charge in [-0.3, -0.25) is 4.98 Å². The zero-order chi connectivity index (χ0) is 30.8. The van der Waals surface area contributed by atoms with Gasteiger partial charge in [0, 0.05) is 75.7 Å². The standard InChI is InChI=1S/C32H29F6N5/c1-16(21-10-20-12-31(13-27(20)40-14-21)19(4)42-30-23(31)6-5-9-39-30)41-26-11-22(28-24(33)7-8-25(34)29(28)35)17(2)43(18(26)3)15-32(36,37)38/h5-10,14,17,22,26,41H,1,3-4,11-13,15H2,2H3,(H,39,42). The zero-order valence-corrected chi connectivity index (χ0v) is 23.3. The number of alkyl halides is 3. The first kappa shape index (κ1) is 28.8. The number of allylic oxidation sites excluding steroid dienone is 1. The molecule has 0 saturated carbocycles. The van der Waals surface area contributed by atoms with Crippen molar-refractivity contribution in [2.45, 2.75) is 55.8 Å². The highest BCUT2D eigenvalue weighted by Crippen LogP contribution is 2.50. The molecular weight excluding hydrogens is 568 g/mol. The summed E-state index contributed by atoms with van der Waals surface area (Å²) in [6.07, 6.45) is -0.0667. The fraction of sp³-hybridized carbons (Fsp3) is 0.312. The summed E-state index contributed by atoms with van der Waals surface area (Å²) in [5.41, 5.74) is 3.79. The maximum atomic E-state index is 14.9. The third kappa shape index (κ3) is 4.84. The molecule has 6 rings (SSSR count). The van der Waals surface area contributed by atoms with Crippen molar-refractivity contribution < 1.29 is 26.3 Å². The lowest BCUT2D eigenvalue weighted by Gasteiger charge is -2.47. The molecule has 1 aromatic carbocycles. The van der Waals surface area contributed by atoms with Crippen LogP contribution in [0, 0.1) is 17.5 Å². The number of likely N-dealkylation sites (tertiary alicyclic amines) is 1. The van der Waals surface area contributed by atoms with Gasteiger partial charge in [-0.2, -0.15) is 13.2 Å². The molecule has 4 atom stereocenters.